The molecule has 0 spiro atoms. The Morgan fingerprint density at radius 1 is 0.217 bits per heavy atom. The monoisotopic (exact) mass is 1540 g/mol. The zero-order valence-electron chi connectivity index (χ0n) is 68.8. The molecule has 20 aromatic rings. The molecule has 0 bridgehead atoms. The van der Waals surface area contributed by atoms with Crippen LogP contribution in [0.1, 0.15) is 79.0 Å². The van der Waals surface area contributed by atoms with Crippen molar-refractivity contribution in [3.05, 3.63) is 381 Å². The number of benzene rings is 17. The van der Waals surface area contributed by atoms with E-state index in [2.05, 4.69) is 436 Å². The lowest BCUT2D eigenvalue weighted by Crippen LogP contribution is -2.61. The Hall–Kier alpha value is -14.2. The molecule has 574 valence electrons. The third-order valence-corrected chi connectivity index (χ3v) is 25.2. The molecule has 2 aliphatic heterocycles. The fourth-order valence-corrected chi connectivity index (χ4v) is 19.2. The molecule has 6 heteroatoms. The van der Waals surface area contributed by atoms with Gasteiger partial charge in [-0.05, 0) is 202 Å². The molecule has 0 saturated carbocycles. The van der Waals surface area contributed by atoms with Crippen LogP contribution in [0.15, 0.2) is 377 Å². The summed E-state index contributed by atoms with van der Waals surface area (Å²) in [5.74, 6) is 0. The van der Waals surface area contributed by atoms with Crippen LogP contribution in [-0.2, 0) is 16.2 Å². The first-order valence-corrected chi connectivity index (χ1v) is 42.0. The van der Waals surface area contributed by atoms with E-state index in [-0.39, 0.29) is 23.0 Å². The van der Waals surface area contributed by atoms with E-state index in [0.29, 0.717) is 0 Å². The van der Waals surface area contributed by atoms with Crippen LogP contribution in [0.25, 0.3) is 166 Å². The van der Waals surface area contributed by atoms with Gasteiger partial charge in [0.2, 0.25) is 0 Å². The molecule has 0 atom stereocenters. The lowest BCUT2D eigenvalue weighted by Gasteiger charge is -2.46. The van der Waals surface area contributed by atoms with Crippen LogP contribution < -0.4 is 26.2 Å². The highest BCUT2D eigenvalue weighted by molar-refractivity contribution is 7.00. The van der Waals surface area contributed by atoms with Crippen LogP contribution in [0.4, 0.5) is 34.1 Å². The van der Waals surface area contributed by atoms with Crippen LogP contribution in [0.2, 0.25) is 0 Å². The number of anilines is 6. The van der Waals surface area contributed by atoms with Crippen molar-refractivity contribution < 1.29 is 13.3 Å². The van der Waals surface area contributed by atoms with Gasteiger partial charge in [0.25, 0.3) is 6.71 Å². The summed E-state index contributed by atoms with van der Waals surface area (Å²) < 4.78 is 21.9. The Morgan fingerprint density at radius 2 is 0.550 bits per heavy atom. The second kappa shape index (κ2) is 27.7. The summed E-state index contributed by atoms with van der Waals surface area (Å²) >= 11 is 0. The van der Waals surface area contributed by atoms with E-state index >= 15 is 0 Å². The van der Waals surface area contributed by atoms with Crippen LogP contribution in [-0.4, -0.2) is 6.71 Å². The molecule has 0 amide bonds. The molecule has 2 aliphatic rings. The molecule has 22 rings (SSSR count). The summed E-state index contributed by atoms with van der Waals surface area (Å²) in [7, 11) is 0. The molecule has 0 saturated heterocycles. The maximum atomic E-state index is 7.38. The average molecular weight is 1540 g/mol. The molecule has 120 heavy (non-hydrogen) atoms. The minimum absolute atomic E-state index is 0.331. The maximum absolute atomic E-state index is 7.38. The SMILES string of the molecule is CC(C)(C)c1cc(-c2cccc(-c3ccccc3)c2)c(N2c3ccc(-c4ccccc4)cc3B3c4cc(-c5ccccc5)ccc4N(c4c(-c5cccc(-c6ccccc6)c5)cc(C(C)(C)C)cc4-c4cccc5c4oc4ccccc45)c4cc(-c5cc(C(C)(C)C)c6oc7ccccc7c6c5)cc2c43)c(-c2cccc3c2oc2ccccc23)c1. The summed E-state index contributed by atoms with van der Waals surface area (Å²) in [6.45, 7) is 20.7. The van der Waals surface area contributed by atoms with Gasteiger partial charge in [-0.1, -0.05) is 335 Å². The van der Waals surface area contributed by atoms with Gasteiger partial charge >= 0.3 is 0 Å². The number of hydrogen-bond donors (Lipinski definition) is 0. The van der Waals surface area contributed by atoms with Gasteiger partial charge in [-0.15, -0.1) is 0 Å². The van der Waals surface area contributed by atoms with Crippen molar-refractivity contribution in [3.8, 4) is 100 Å². The van der Waals surface area contributed by atoms with Gasteiger partial charge in [0.1, 0.15) is 33.5 Å². The summed E-state index contributed by atoms with van der Waals surface area (Å²) in [6, 6.07) is 136. The molecule has 0 unspecified atom stereocenters. The minimum atomic E-state index is -0.374. The lowest BCUT2D eigenvalue weighted by atomic mass is 9.33. The Kier molecular flexibility index (Phi) is 16.7. The minimum Gasteiger partial charge on any atom is -0.456 e. The summed E-state index contributed by atoms with van der Waals surface area (Å²) in [5, 5.41) is 6.41. The zero-order valence-corrected chi connectivity index (χ0v) is 68.8. The first-order valence-electron chi connectivity index (χ1n) is 42.0. The highest BCUT2D eigenvalue weighted by atomic mass is 16.3. The number of hydrogen-bond acceptors (Lipinski definition) is 5. The third-order valence-electron chi connectivity index (χ3n) is 25.2. The van der Waals surface area contributed by atoms with E-state index < -0.39 is 0 Å². The second-order valence-corrected chi connectivity index (χ2v) is 35.9. The molecular formula is C114H87BN2O3. The van der Waals surface area contributed by atoms with Crippen molar-refractivity contribution in [1.82, 2.24) is 0 Å². The van der Waals surface area contributed by atoms with E-state index in [4.69, 9.17) is 13.3 Å². The number of fused-ring (bicyclic) bond motifs is 13. The van der Waals surface area contributed by atoms with Gasteiger partial charge in [-0.3, -0.25) is 0 Å². The van der Waals surface area contributed by atoms with Gasteiger partial charge in [0, 0.05) is 94.0 Å². The van der Waals surface area contributed by atoms with Crippen LogP contribution in [0.5, 0.6) is 0 Å². The average Bonchev–Trinajstić information content (AvgIpc) is 0.853. The van der Waals surface area contributed by atoms with Crippen molar-refractivity contribution in [2.45, 2.75) is 78.6 Å². The highest BCUT2D eigenvalue weighted by Crippen LogP contribution is 2.58. The van der Waals surface area contributed by atoms with E-state index in [0.717, 1.165) is 211 Å². The van der Waals surface area contributed by atoms with Crippen molar-refractivity contribution >= 4 is 123 Å². The Labute approximate surface area is 700 Å². The molecule has 17 aromatic carbocycles. The fraction of sp³-hybridized carbons (Fsp3) is 0.105. The van der Waals surface area contributed by atoms with Gasteiger partial charge in [0.15, 0.2) is 0 Å². The zero-order chi connectivity index (χ0) is 81.0. The predicted octanol–water partition coefficient (Wildman–Crippen LogP) is 30.4. The number of nitrogens with zero attached hydrogens (tertiary/aromatic N) is 2. The maximum Gasteiger partial charge on any atom is 0.252 e. The Bertz CT molecular complexity index is 7160. The molecule has 0 N–H and O–H groups in total. The van der Waals surface area contributed by atoms with Gasteiger partial charge in [-0.25, -0.2) is 0 Å². The van der Waals surface area contributed by atoms with E-state index in [1.807, 2.05) is 0 Å². The summed E-state index contributed by atoms with van der Waals surface area (Å²) in [5.41, 5.74) is 37.0. The van der Waals surface area contributed by atoms with Crippen molar-refractivity contribution in [2.75, 3.05) is 9.80 Å². The first-order chi connectivity index (χ1) is 58.4. The standard InChI is InChI=1S/C114H87BN2O3/c1-112(2,3)82-66-91(78-42-28-40-74(58-78)70-32-14-10-15-33-70)107(93(68-82)89-49-30-47-87-84-44-22-25-51-103(84)118-109(87)89)116-99-56-54-76(72-36-18-12-19-37-72)62-97(99)115-98-63-77(73-38-20-13-21-39-73)55-57-100(98)117(102-65-81(64-101(116)106(102)115)80-60-95-86-46-24-27-53-105(86)120-111(95)96(61-80)114(7,8)9)108-92(79-43-29-41-75(59-79)71-34-16-11-17-35-71)67-83(113(4,5)6)69-94(108)90-50-31-48-88-85-45-23-26-52-104(85)119-110(88)90/h10-69H,1-9H3. The van der Waals surface area contributed by atoms with Crippen molar-refractivity contribution in [3.63, 3.8) is 0 Å². The Balaban J connectivity index is 0.959. The molecule has 3 aromatic heterocycles. The lowest BCUT2D eigenvalue weighted by molar-refractivity contribution is 0.573. The summed E-state index contributed by atoms with van der Waals surface area (Å²) in [4.78, 5) is 5.42. The third kappa shape index (κ3) is 12.0. The molecule has 0 radical (unpaired) electrons. The van der Waals surface area contributed by atoms with Gasteiger partial charge in [0.05, 0.1) is 11.4 Å². The number of rotatable bonds is 11. The Morgan fingerprint density at radius 3 is 0.958 bits per heavy atom. The molecule has 0 fully saturated rings. The van der Waals surface area contributed by atoms with Crippen LogP contribution >= 0.6 is 0 Å². The van der Waals surface area contributed by atoms with Crippen molar-refractivity contribution in [1.29, 1.82) is 0 Å². The van der Waals surface area contributed by atoms with E-state index in [9.17, 15) is 0 Å². The number of furan rings is 3. The smallest absolute Gasteiger partial charge is 0.252 e. The van der Waals surface area contributed by atoms with Gasteiger partial charge in [-0.2, -0.15) is 0 Å². The topological polar surface area (TPSA) is 45.9 Å². The van der Waals surface area contributed by atoms with E-state index in [1.54, 1.807) is 0 Å². The largest absolute Gasteiger partial charge is 0.456 e. The van der Waals surface area contributed by atoms with Gasteiger partial charge < -0.3 is 23.1 Å². The van der Waals surface area contributed by atoms with E-state index in [1.165, 1.54) is 22.1 Å². The number of para-hydroxylation sites is 5. The molecule has 5 nitrogen and oxygen atoms in total. The quantitative estimate of drug-likeness (QED) is 0.121. The second-order valence-electron chi connectivity index (χ2n) is 35.9. The molecular weight excluding hydrogens is 1460 g/mol. The van der Waals surface area contributed by atoms with Crippen LogP contribution in [0.3, 0.4) is 0 Å². The fourth-order valence-electron chi connectivity index (χ4n) is 19.2. The predicted molar refractivity (Wildman–Crippen MR) is 507 cm³/mol. The van der Waals surface area contributed by atoms with Crippen molar-refractivity contribution in [2.24, 2.45) is 0 Å². The highest BCUT2D eigenvalue weighted by Gasteiger charge is 2.47. The molecule has 0 aliphatic carbocycles. The first kappa shape index (κ1) is 72.3. The molecule has 5 heterocycles. The van der Waals surface area contributed by atoms with Crippen LogP contribution in [0, 0.1) is 0 Å². The normalized spacial score (nSPS) is 12.8. The summed E-state index contributed by atoms with van der Waals surface area (Å²) in [6.07, 6.45) is 0.